The lowest BCUT2D eigenvalue weighted by molar-refractivity contribution is -0.313. The third kappa shape index (κ3) is 3.16. The van der Waals surface area contributed by atoms with Crippen LogP contribution in [0.4, 0.5) is 0 Å². The molecule has 0 aromatic heterocycles. The van der Waals surface area contributed by atoms with E-state index in [1.54, 1.807) is 0 Å². The highest BCUT2D eigenvalue weighted by Gasteiger charge is 2.75. The molecule has 4 nitrogen and oxygen atoms in total. The molecule has 4 fully saturated rings. The smallest absolute Gasteiger partial charge is 0.0786 e. The van der Waals surface area contributed by atoms with Crippen molar-refractivity contribution < 1.29 is 20.4 Å². The summed E-state index contributed by atoms with van der Waals surface area (Å²) in [5, 5.41) is 45.4. The van der Waals surface area contributed by atoms with E-state index in [9.17, 15) is 20.4 Å². The maximum Gasteiger partial charge on any atom is 0.0786 e. The van der Waals surface area contributed by atoms with E-state index in [2.05, 4.69) is 41.5 Å². The minimum atomic E-state index is -0.843. The van der Waals surface area contributed by atoms with Crippen LogP contribution in [0.15, 0.2) is 0 Å². The summed E-state index contributed by atoms with van der Waals surface area (Å²) in [5.41, 5.74) is -2.08. The number of aliphatic hydroxyl groups is 4. The van der Waals surface area contributed by atoms with E-state index < -0.39 is 17.3 Å². The maximum atomic E-state index is 12.8. The van der Waals surface area contributed by atoms with Gasteiger partial charge in [0.2, 0.25) is 0 Å². The maximum absolute atomic E-state index is 12.8. The molecule has 0 radical (unpaired) electrons. The van der Waals surface area contributed by atoms with E-state index in [-0.39, 0.29) is 22.9 Å². The van der Waals surface area contributed by atoms with Crippen LogP contribution >= 0.6 is 0 Å². The van der Waals surface area contributed by atoms with Crippen molar-refractivity contribution in [2.75, 3.05) is 6.61 Å². The van der Waals surface area contributed by atoms with Gasteiger partial charge in [-0.2, -0.15) is 0 Å². The van der Waals surface area contributed by atoms with Crippen molar-refractivity contribution in [3.8, 4) is 0 Å². The molecular formula is C30H54O4. The summed E-state index contributed by atoms with van der Waals surface area (Å²) in [5.74, 6) is 2.28. The minimum Gasteiger partial charge on any atom is -0.396 e. The van der Waals surface area contributed by atoms with Crippen LogP contribution in [0.5, 0.6) is 0 Å². The molecule has 34 heavy (non-hydrogen) atoms. The Bertz CT molecular complexity index is 735. The number of rotatable bonds is 7. The molecule has 198 valence electrons. The lowest BCUT2D eigenvalue weighted by Gasteiger charge is -2.73. The van der Waals surface area contributed by atoms with E-state index in [0.717, 1.165) is 57.8 Å². The summed E-state index contributed by atoms with van der Waals surface area (Å²) < 4.78 is 0. The van der Waals surface area contributed by atoms with Gasteiger partial charge in [0.1, 0.15) is 0 Å². The normalized spacial score (nSPS) is 52.1. The Balaban J connectivity index is 1.89. The summed E-state index contributed by atoms with van der Waals surface area (Å²) in [6.07, 6.45) is 10.1. The quantitative estimate of drug-likeness (QED) is 0.378. The Hall–Kier alpha value is -0.160. The molecule has 10 atom stereocenters. The number of hydrogen-bond donors (Lipinski definition) is 4. The molecule has 0 spiro atoms. The van der Waals surface area contributed by atoms with Gasteiger partial charge in [-0.25, -0.2) is 0 Å². The largest absolute Gasteiger partial charge is 0.396 e. The van der Waals surface area contributed by atoms with Gasteiger partial charge >= 0.3 is 0 Å². The van der Waals surface area contributed by atoms with Crippen LogP contribution < -0.4 is 0 Å². The predicted octanol–water partition coefficient (Wildman–Crippen LogP) is 5.70. The molecule has 0 aromatic carbocycles. The summed E-state index contributed by atoms with van der Waals surface area (Å²) >= 11 is 0. The zero-order valence-electron chi connectivity index (χ0n) is 22.9. The van der Waals surface area contributed by atoms with Crippen LogP contribution in [0, 0.1) is 45.8 Å². The summed E-state index contributed by atoms with van der Waals surface area (Å²) in [6.45, 7) is 14.1. The van der Waals surface area contributed by atoms with Crippen LogP contribution in [0.25, 0.3) is 0 Å². The summed E-state index contributed by atoms with van der Waals surface area (Å²) in [6, 6.07) is 0. The molecule has 4 aliphatic carbocycles. The van der Waals surface area contributed by atoms with Gasteiger partial charge in [0.25, 0.3) is 0 Å². The molecule has 0 amide bonds. The van der Waals surface area contributed by atoms with E-state index in [1.165, 1.54) is 0 Å². The average molecular weight is 479 g/mol. The SMILES string of the molecule is CCC1CC(O)(CCCO)[C@@]2(C)CC[C@@H]3[C@@H](C(CC)C(CC)(CC)C4(O)CC(O)CC[C@]34C)[C@H]12. The van der Waals surface area contributed by atoms with Crippen molar-refractivity contribution >= 4 is 0 Å². The Morgan fingerprint density at radius 1 is 0.853 bits per heavy atom. The zero-order chi connectivity index (χ0) is 25.2. The van der Waals surface area contributed by atoms with Crippen molar-refractivity contribution in [2.24, 2.45) is 45.8 Å². The van der Waals surface area contributed by atoms with E-state index in [0.29, 0.717) is 48.9 Å². The second kappa shape index (κ2) is 8.99. The highest BCUT2D eigenvalue weighted by Crippen LogP contribution is 2.76. The Morgan fingerprint density at radius 2 is 1.50 bits per heavy atom. The fraction of sp³-hybridized carbons (Fsp3) is 1.00. The fourth-order valence-electron chi connectivity index (χ4n) is 11.4. The molecule has 0 aliphatic heterocycles. The first-order valence-corrected chi connectivity index (χ1v) is 14.7. The average Bonchev–Trinajstić information content (AvgIpc) is 3.05. The molecule has 0 bridgehead atoms. The number of aliphatic hydroxyl groups excluding tert-OH is 2. The van der Waals surface area contributed by atoms with Crippen LogP contribution in [-0.4, -0.2) is 44.3 Å². The van der Waals surface area contributed by atoms with Crippen LogP contribution in [0.3, 0.4) is 0 Å². The Kier molecular flexibility index (Phi) is 7.11. The van der Waals surface area contributed by atoms with Gasteiger partial charge in [0.05, 0.1) is 17.3 Å². The van der Waals surface area contributed by atoms with Crippen molar-refractivity contribution in [2.45, 2.75) is 136 Å². The summed E-state index contributed by atoms with van der Waals surface area (Å²) in [4.78, 5) is 0. The number of fused-ring (bicyclic) bond motifs is 5. The molecule has 4 saturated carbocycles. The first-order chi connectivity index (χ1) is 16.0. The van der Waals surface area contributed by atoms with E-state index in [1.807, 2.05) is 0 Å². The molecule has 5 unspecified atom stereocenters. The zero-order valence-corrected chi connectivity index (χ0v) is 22.9. The lowest BCUT2D eigenvalue weighted by Crippen LogP contribution is -2.74. The van der Waals surface area contributed by atoms with Crippen molar-refractivity contribution in [3.05, 3.63) is 0 Å². The molecule has 0 aromatic rings. The van der Waals surface area contributed by atoms with Crippen LogP contribution in [-0.2, 0) is 0 Å². The first-order valence-electron chi connectivity index (χ1n) is 14.7. The summed E-state index contributed by atoms with van der Waals surface area (Å²) in [7, 11) is 0. The highest BCUT2D eigenvalue weighted by atomic mass is 16.3. The van der Waals surface area contributed by atoms with Gasteiger partial charge in [0, 0.05) is 23.9 Å². The van der Waals surface area contributed by atoms with E-state index >= 15 is 0 Å². The van der Waals surface area contributed by atoms with E-state index in [4.69, 9.17) is 0 Å². The monoisotopic (exact) mass is 478 g/mol. The van der Waals surface area contributed by atoms with Gasteiger partial charge in [-0.05, 0) is 92.8 Å². The molecule has 4 aliphatic rings. The predicted molar refractivity (Wildman–Crippen MR) is 137 cm³/mol. The third-order valence-electron chi connectivity index (χ3n) is 13.0. The highest BCUT2D eigenvalue weighted by molar-refractivity contribution is 5.24. The van der Waals surface area contributed by atoms with Crippen molar-refractivity contribution in [1.82, 2.24) is 0 Å². The Labute approximate surface area is 208 Å². The van der Waals surface area contributed by atoms with Crippen LogP contribution in [0.2, 0.25) is 0 Å². The van der Waals surface area contributed by atoms with Gasteiger partial charge in [0.15, 0.2) is 0 Å². The van der Waals surface area contributed by atoms with Crippen molar-refractivity contribution in [3.63, 3.8) is 0 Å². The van der Waals surface area contributed by atoms with Gasteiger partial charge < -0.3 is 20.4 Å². The second-order valence-electron chi connectivity index (χ2n) is 13.4. The number of hydrogen-bond acceptors (Lipinski definition) is 4. The standard InChI is InChI=1S/C30H54O4/c1-7-20-18-29(33,14-11-17-31)27(6)16-13-23-24(25(20)27)22(8-2)28(9-3,10-4)30(34)19-21(32)12-15-26(23,30)5/h20-25,31-34H,7-19H2,1-6H3/t20?,21?,22?,23-,24-,25+,26-,27+,29?,30?/m1/s1. The second-order valence-corrected chi connectivity index (χ2v) is 13.4. The molecule has 4 rings (SSSR count). The van der Waals surface area contributed by atoms with Gasteiger partial charge in [-0.3, -0.25) is 0 Å². The fourth-order valence-corrected chi connectivity index (χ4v) is 11.4. The van der Waals surface area contributed by atoms with Gasteiger partial charge in [-0.1, -0.05) is 54.4 Å². The molecule has 4 heteroatoms. The lowest BCUT2D eigenvalue weighted by atomic mass is 9.33. The van der Waals surface area contributed by atoms with Crippen LogP contribution in [0.1, 0.15) is 119 Å². The molecule has 0 heterocycles. The molecule has 0 saturated heterocycles. The minimum absolute atomic E-state index is 0.134. The first kappa shape index (κ1) is 26.9. The van der Waals surface area contributed by atoms with Crippen molar-refractivity contribution in [1.29, 1.82) is 0 Å². The molecular weight excluding hydrogens is 424 g/mol. The van der Waals surface area contributed by atoms with Gasteiger partial charge in [-0.15, -0.1) is 0 Å². The topological polar surface area (TPSA) is 80.9 Å². The third-order valence-corrected chi connectivity index (χ3v) is 13.0. The molecule has 4 N–H and O–H groups in total. The Morgan fingerprint density at radius 3 is 2.06 bits per heavy atom.